The molecule has 6 aliphatic rings. The molecule has 6 rings (SSSR count). The standard InChI is InChI=1S/C35H56O11/c1-17-8-11-35(30(44)46-29-27(42)26(41)25(40)20(15-36)45-29)13-12-33(4)18(23(35)24(17)39)6-7-22-31(2)14-19(38)28(43)32(3,16-37)21(31)9-10-34(22,33)5/h6,17,19-29,36-43H,7-16H2,1-5H3. The number of hydrogen-bond donors (Lipinski definition) is 8. The number of fused-ring (bicyclic) bond motifs is 7. The van der Waals surface area contributed by atoms with Crippen molar-refractivity contribution in [1.82, 2.24) is 0 Å². The van der Waals surface area contributed by atoms with Gasteiger partial charge in [0.1, 0.15) is 24.4 Å². The number of ether oxygens (including phenoxy) is 2. The van der Waals surface area contributed by atoms with Crippen molar-refractivity contribution in [2.45, 2.75) is 135 Å². The first-order valence-electron chi connectivity index (χ1n) is 17.3. The smallest absolute Gasteiger partial charge is 0.315 e. The number of rotatable bonds is 4. The van der Waals surface area contributed by atoms with Crippen molar-refractivity contribution in [3.8, 4) is 0 Å². The van der Waals surface area contributed by atoms with E-state index in [4.69, 9.17) is 9.47 Å². The Morgan fingerprint density at radius 3 is 2.24 bits per heavy atom. The fraction of sp³-hybridized carbons (Fsp3) is 0.914. The highest BCUT2D eigenvalue weighted by Gasteiger charge is 2.71. The second kappa shape index (κ2) is 11.5. The molecule has 5 fully saturated rings. The fourth-order valence-corrected chi connectivity index (χ4v) is 12.0. The molecule has 4 saturated carbocycles. The Morgan fingerprint density at radius 2 is 1.59 bits per heavy atom. The first kappa shape index (κ1) is 34.7. The Balaban J connectivity index is 1.37. The van der Waals surface area contributed by atoms with E-state index in [2.05, 4.69) is 26.8 Å². The van der Waals surface area contributed by atoms with E-state index >= 15 is 0 Å². The zero-order chi connectivity index (χ0) is 33.8. The van der Waals surface area contributed by atoms with Crippen LogP contribution in [-0.2, 0) is 14.3 Å². The lowest BCUT2D eigenvalue weighted by Crippen LogP contribution is -2.68. The molecule has 0 aromatic carbocycles. The topological polar surface area (TPSA) is 197 Å². The Hall–Kier alpha value is -1.15. The SMILES string of the molecule is CC1CCC2(C(=O)OC3OC(CO)C(O)C(O)C3O)CCC3(C)C(=CCC4C5(C)CC(O)C(O)C(C)(CO)C5CCC43C)C2C1O. The van der Waals surface area contributed by atoms with Crippen molar-refractivity contribution >= 4 is 5.97 Å². The van der Waals surface area contributed by atoms with Crippen molar-refractivity contribution in [1.29, 1.82) is 0 Å². The lowest BCUT2D eigenvalue weighted by molar-refractivity contribution is -0.298. The Morgan fingerprint density at radius 1 is 0.891 bits per heavy atom. The summed E-state index contributed by atoms with van der Waals surface area (Å²) in [6, 6.07) is 0. The normalized spacial score (nSPS) is 56.8. The average Bonchev–Trinajstić information content (AvgIpc) is 3.02. The van der Waals surface area contributed by atoms with Crippen LogP contribution in [0.2, 0.25) is 0 Å². The molecule has 0 amide bonds. The summed E-state index contributed by atoms with van der Waals surface area (Å²) in [6.45, 7) is 9.83. The van der Waals surface area contributed by atoms with Gasteiger partial charge in [-0.1, -0.05) is 46.3 Å². The van der Waals surface area contributed by atoms with Gasteiger partial charge in [-0.3, -0.25) is 4.79 Å². The molecule has 0 aromatic rings. The Bertz CT molecular complexity index is 1220. The van der Waals surface area contributed by atoms with E-state index in [1.807, 2.05) is 13.8 Å². The third kappa shape index (κ3) is 4.45. The first-order valence-corrected chi connectivity index (χ1v) is 17.3. The number of carbonyl (C=O) groups excluding carboxylic acids is 1. The zero-order valence-corrected chi connectivity index (χ0v) is 27.9. The molecule has 17 atom stereocenters. The highest BCUT2D eigenvalue weighted by molar-refractivity contribution is 5.79. The van der Waals surface area contributed by atoms with Crippen LogP contribution in [0.3, 0.4) is 0 Å². The molecule has 0 bridgehead atoms. The molecule has 262 valence electrons. The van der Waals surface area contributed by atoms with E-state index in [0.29, 0.717) is 38.5 Å². The highest BCUT2D eigenvalue weighted by Crippen LogP contribution is 2.75. The molecular weight excluding hydrogens is 596 g/mol. The third-order valence-electron chi connectivity index (χ3n) is 15.1. The molecule has 11 nitrogen and oxygen atoms in total. The third-order valence-corrected chi connectivity index (χ3v) is 15.1. The van der Waals surface area contributed by atoms with Gasteiger partial charge in [-0.25, -0.2) is 0 Å². The van der Waals surface area contributed by atoms with Crippen LogP contribution >= 0.6 is 0 Å². The summed E-state index contributed by atoms with van der Waals surface area (Å²) >= 11 is 0. The molecule has 0 spiro atoms. The lowest BCUT2D eigenvalue weighted by Gasteiger charge is -2.71. The Kier molecular flexibility index (Phi) is 8.64. The molecule has 17 unspecified atom stereocenters. The maximum atomic E-state index is 14.3. The summed E-state index contributed by atoms with van der Waals surface area (Å²) < 4.78 is 11.4. The number of allylic oxidation sites excluding steroid dienone is 1. The van der Waals surface area contributed by atoms with Crippen molar-refractivity contribution in [2.24, 2.45) is 50.7 Å². The average molecular weight is 653 g/mol. The van der Waals surface area contributed by atoms with E-state index in [9.17, 15) is 45.6 Å². The van der Waals surface area contributed by atoms with Crippen LogP contribution in [-0.4, -0.2) is 109 Å². The van der Waals surface area contributed by atoms with Gasteiger partial charge in [0.25, 0.3) is 0 Å². The number of carbonyl (C=O) groups is 1. The Labute approximate surface area is 271 Å². The number of aliphatic hydroxyl groups is 8. The lowest BCUT2D eigenvalue weighted by atomic mass is 9.33. The molecular formula is C35H56O11. The summed E-state index contributed by atoms with van der Waals surface area (Å²) in [5.41, 5.74) is -1.89. The quantitative estimate of drug-likeness (QED) is 0.159. The summed E-state index contributed by atoms with van der Waals surface area (Å²) in [5.74, 6) is -1.09. The number of hydrogen-bond acceptors (Lipinski definition) is 11. The zero-order valence-electron chi connectivity index (χ0n) is 27.9. The van der Waals surface area contributed by atoms with E-state index < -0.39 is 83.8 Å². The van der Waals surface area contributed by atoms with Gasteiger partial charge in [0.15, 0.2) is 0 Å². The maximum absolute atomic E-state index is 14.3. The van der Waals surface area contributed by atoms with Gasteiger partial charge in [-0.05, 0) is 85.4 Å². The van der Waals surface area contributed by atoms with Gasteiger partial charge in [0.05, 0.1) is 36.9 Å². The van der Waals surface area contributed by atoms with Gasteiger partial charge in [0, 0.05) is 11.3 Å². The minimum Gasteiger partial charge on any atom is -0.432 e. The molecule has 5 aliphatic carbocycles. The van der Waals surface area contributed by atoms with Crippen molar-refractivity contribution in [3.63, 3.8) is 0 Å². The van der Waals surface area contributed by atoms with E-state index in [1.165, 1.54) is 0 Å². The van der Waals surface area contributed by atoms with Crippen LogP contribution in [0.1, 0.15) is 86.0 Å². The first-order chi connectivity index (χ1) is 21.5. The molecule has 1 saturated heterocycles. The monoisotopic (exact) mass is 652 g/mol. The predicted molar refractivity (Wildman–Crippen MR) is 164 cm³/mol. The summed E-state index contributed by atoms with van der Waals surface area (Å²) in [5, 5.41) is 85.5. The van der Waals surface area contributed by atoms with E-state index in [-0.39, 0.29) is 35.2 Å². The van der Waals surface area contributed by atoms with Crippen LogP contribution in [0.4, 0.5) is 0 Å². The molecule has 0 radical (unpaired) electrons. The van der Waals surface area contributed by atoms with Crippen LogP contribution < -0.4 is 0 Å². The van der Waals surface area contributed by atoms with Gasteiger partial charge in [-0.15, -0.1) is 0 Å². The van der Waals surface area contributed by atoms with Crippen LogP contribution in [0.5, 0.6) is 0 Å². The van der Waals surface area contributed by atoms with Crippen molar-refractivity contribution in [3.05, 3.63) is 11.6 Å². The summed E-state index contributed by atoms with van der Waals surface area (Å²) in [4.78, 5) is 14.3. The van der Waals surface area contributed by atoms with Gasteiger partial charge >= 0.3 is 5.97 Å². The largest absolute Gasteiger partial charge is 0.432 e. The molecule has 46 heavy (non-hydrogen) atoms. The van der Waals surface area contributed by atoms with Gasteiger partial charge < -0.3 is 50.3 Å². The highest BCUT2D eigenvalue weighted by atomic mass is 16.7. The van der Waals surface area contributed by atoms with Crippen LogP contribution in [0, 0.1) is 50.7 Å². The number of esters is 1. The molecule has 8 N–H and O–H groups in total. The van der Waals surface area contributed by atoms with Crippen LogP contribution in [0.15, 0.2) is 11.6 Å². The van der Waals surface area contributed by atoms with Crippen molar-refractivity contribution in [2.75, 3.05) is 13.2 Å². The van der Waals surface area contributed by atoms with Crippen LogP contribution in [0.25, 0.3) is 0 Å². The fourth-order valence-electron chi connectivity index (χ4n) is 12.0. The molecule has 0 aromatic heterocycles. The second-order valence-corrected chi connectivity index (χ2v) is 16.9. The van der Waals surface area contributed by atoms with Gasteiger partial charge in [0.2, 0.25) is 6.29 Å². The number of aliphatic hydroxyl groups excluding tert-OH is 8. The maximum Gasteiger partial charge on any atom is 0.315 e. The molecule has 1 aliphatic heterocycles. The van der Waals surface area contributed by atoms with Crippen molar-refractivity contribution < 1.29 is 55.1 Å². The van der Waals surface area contributed by atoms with E-state index in [0.717, 1.165) is 18.4 Å². The predicted octanol–water partition coefficient (Wildman–Crippen LogP) is 1.02. The summed E-state index contributed by atoms with van der Waals surface area (Å²) in [7, 11) is 0. The molecule has 11 heteroatoms. The minimum atomic E-state index is -1.71. The summed E-state index contributed by atoms with van der Waals surface area (Å²) in [6.07, 6.45) is -3.43. The molecule has 1 heterocycles. The minimum absolute atomic E-state index is 0.0107. The second-order valence-electron chi connectivity index (χ2n) is 16.9. The van der Waals surface area contributed by atoms with E-state index in [1.54, 1.807) is 0 Å². The van der Waals surface area contributed by atoms with Gasteiger partial charge in [-0.2, -0.15) is 0 Å².